The fraction of sp³-hybridized carbons (Fsp3) is 0.455. The molecule has 0 spiro atoms. The fourth-order valence-electron chi connectivity index (χ4n) is 3.62. The molecule has 2 amide bonds. The van der Waals surface area contributed by atoms with E-state index in [-0.39, 0.29) is 11.3 Å². The Labute approximate surface area is 196 Å². The first kappa shape index (κ1) is 25.2. The normalized spacial score (nSPS) is 23.4. The van der Waals surface area contributed by atoms with Crippen LogP contribution in [0.2, 0.25) is 0 Å². The van der Waals surface area contributed by atoms with Gasteiger partial charge in [0.15, 0.2) is 12.0 Å². The Hall–Kier alpha value is -3.41. The summed E-state index contributed by atoms with van der Waals surface area (Å²) in [6.07, 6.45) is 0. The summed E-state index contributed by atoms with van der Waals surface area (Å²) in [5.41, 5.74) is -3.26. The van der Waals surface area contributed by atoms with E-state index in [1.807, 2.05) is 0 Å². The van der Waals surface area contributed by atoms with Gasteiger partial charge in [-0.05, 0) is 39.8 Å². The molecule has 3 rings (SSSR count). The number of β-lactam (4-membered cyclic amide) rings is 1. The Morgan fingerprint density at radius 1 is 1.12 bits per heavy atom. The van der Waals surface area contributed by atoms with Crippen LogP contribution in [0, 0.1) is 0 Å². The number of para-hydroxylation sites is 1. The zero-order valence-corrected chi connectivity index (χ0v) is 20.2. The number of carbonyl (C=O) groups excluding carboxylic acids is 4. The second-order valence-electron chi connectivity index (χ2n) is 8.81. The number of fused-ring (bicyclic) bond motifs is 1. The molecule has 2 aliphatic rings. The van der Waals surface area contributed by atoms with E-state index in [9.17, 15) is 27.6 Å². The zero-order chi connectivity index (χ0) is 25.4. The Morgan fingerprint density at radius 3 is 2.29 bits per heavy atom. The van der Waals surface area contributed by atoms with Gasteiger partial charge in [-0.2, -0.15) is 0 Å². The smallest absolute Gasteiger partial charge is 0.355 e. The number of hydrogen-bond donors (Lipinski definition) is 1. The Kier molecular flexibility index (Phi) is 6.74. The van der Waals surface area contributed by atoms with Gasteiger partial charge >= 0.3 is 11.9 Å². The molecule has 0 aromatic heterocycles. The van der Waals surface area contributed by atoms with Gasteiger partial charge in [-0.1, -0.05) is 18.2 Å². The quantitative estimate of drug-likeness (QED) is 0.445. The molecule has 34 heavy (non-hydrogen) atoms. The third-order valence-electron chi connectivity index (χ3n) is 4.94. The average molecular weight is 495 g/mol. The van der Waals surface area contributed by atoms with Crippen molar-refractivity contribution < 1.29 is 41.8 Å². The second kappa shape index (κ2) is 9.09. The highest BCUT2D eigenvalue weighted by Gasteiger charge is 2.64. The van der Waals surface area contributed by atoms with E-state index in [1.165, 1.54) is 6.92 Å². The topological polar surface area (TPSA) is 145 Å². The lowest BCUT2D eigenvalue weighted by atomic mass is 10.0. The van der Waals surface area contributed by atoms with Crippen molar-refractivity contribution in [1.29, 1.82) is 0 Å². The van der Waals surface area contributed by atoms with E-state index >= 15 is 0 Å². The molecule has 2 heterocycles. The molecule has 0 aliphatic carbocycles. The molecule has 2 aliphatic heterocycles. The molecule has 1 fully saturated rings. The number of benzene rings is 1. The standard InChI is InChI=1S/C22H26N2O9S/c1-12-17(20(28)33-22(3,4)5)24-18(27)16(19(24)34(29,30)21(12)32-13(2)25)23-15(26)11-31-14-9-7-6-8-10-14/h6-10,16,19,21H,11H2,1-5H3,(H,23,26)/t16-,19-,21?/m1/s1. The van der Waals surface area contributed by atoms with Crippen LogP contribution in [0.1, 0.15) is 34.6 Å². The first-order valence-corrected chi connectivity index (χ1v) is 12.0. The van der Waals surface area contributed by atoms with Gasteiger partial charge in [0.2, 0.25) is 15.3 Å². The van der Waals surface area contributed by atoms with E-state index in [0.29, 0.717) is 5.75 Å². The predicted molar refractivity (Wildman–Crippen MR) is 118 cm³/mol. The maximum absolute atomic E-state index is 13.3. The van der Waals surface area contributed by atoms with Gasteiger partial charge in [0.05, 0.1) is 0 Å². The highest BCUT2D eigenvalue weighted by atomic mass is 32.2. The van der Waals surface area contributed by atoms with E-state index in [4.69, 9.17) is 14.2 Å². The summed E-state index contributed by atoms with van der Waals surface area (Å²) in [5.74, 6) is -3.00. The molecule has 1 N–H and O–H groups in total. The summed E-state index contributed by atoms with van der Waals surface area (Å²) in [7, 11) is -4.37. The minimum atomic E-state index is -4.37. The van der Waals surface area contributed by atoms with Crippen LogP contribution in [0.3, 0.4) is 0 Å². The van der Waals surface area contributed by atoms with E-state index in [2.05, 4.69) is 5.32 Å². The van der Waals surface area contributed by atoms with Crippen molar-refractivity contribution >= 4 is 33.6 Å². The molecular formula is C22H26N2O9S. The number of rotatable bonds is 6. The van der Waals surface area contributed by atoms with Crippen LogP contribution < -0.4 is 10.1 Å². The van der Waals surface area contributed by atoms with Crippen molar-refractivity contribution in [3.8, 4) is 5.75 Å². The molecule has 11 nitrogen and oxygen atoms in total. The second-order valence-corrected chi connectivity index (χ2v) is 10.9. The molecular weight excluding hydrogens is 468 g/mol. The molecule has 1 aromatic rings. The molecule has 1 aromatic carbocycles. The van der Waals surface area contributed by atoms with E-state index < -0.39 is 62.6 Å². The molecule has 0 bridgehead atoms. The third kappa shape index (κ3) is 4.91. The lowest BCUT2D eigenvalue weighted by Gasteiger charge is -2.50. The van der Waals surface area contributed by atoms with Gasteiger partial charge in [0.25, 0.3) is 11.8 Å². The monoisotopic (exact) mass is 494 g/mol. The maximum atomic E-state index is 13.3. The molecule has 3 atom stereocenters. The SMILES string of the molecule is CC(=O)OC1C(C)=C(C(=O)OC(C)(C)C)N2C(=O)[C@@H](NC(=O)COc3ccccc3)[C@H]2S1(=O)=O. The average Bonchev–Trinajstić information content (AvgIpc) is 2.72. The largest absolute Gasteiger partial charge is 0.484 e. The first-order valence-electron chi connectivity index (χ1n) is 10.4. The number of carbonyl (C=O) groups is 4. The van der Waals surface area contributed by atoms with Crippen molar-refractivity contribution in [3.63, 3.8) is 0 Å². The van der Waals surface area contributed by atoms with Crippen molar-refractivity contribution in [2.45, 2.75) is 57.1 Å². The van der Waals surface area contributed by atoms with E-state index in [1.54, 1.807) is 51.1 Å². The maximum Gasteiger partial charge on any atom is 0.355 e. The third-order valence-corrected chi connectivity index (χ3v) is 7.14. The van der Waals surface area contributed by atoms with Crippen LogP contribution in [-0.2, 0) is 38.5 Å². The summed E-state index contributed by atoms with van der Waals surface area (Å²) < 4.78 is 42.2. The Balaban J connectivity index is 1.89. The molecule has 1 unspecified atom stereocenters. The summed E-state index contributed by atoms with van der Waals surface area (Å²) in [6.45, 7) is 6.64. The van der Waals surface area contributed by atoms with Gasteiger partial charge in [0, 0.05) is 12.5 Å². The number of ether oxygens (including phenoxy) is 3. The van der Waals surface area contributed by atoms with Crippen LogP contribution in [0.4, 0.5) is 0 Å². The summed E-state index contributed by atoms with van der Waals surface area (Å²) in [4.78, 5) is 50.5. The van der Waals surface area contributed by atoms with Crippen LogP contribution in [0.25, 0.3) is 0 Å². The number of amides is 2. The van der Waals surface area contributed by atoms with Gasteiger partial charge in [0.1, 0.15) is 23.1 Å². The summed E-state index contributed by atoms with van der Waals surface area (Å²) in [6, 6.07) is 6.92. The minimum Gasteiger partial charge on any atom is -0.484 e. The molecule has 12 heteroatoms. The highest BCUT2D eigenvalue weighted by Crippen LogP contribution is 2.41. The van der Waals surface area contributed by atoms with Gasteiger partial charge in [-0.15, -0.1) is 0 Å². The number of nitrogens with one attached hydrogen (secondary N) is 1. The van der Waals surface area contributed by atoms with Crippen LogP contribution in [0.15, 0.2) is 41.6 Å². The minimum absolute atomic E-state index is 0.161. The van der Waals surface area contributed by atoms with Gasteiger partial charge < -0.3 is 19.5 Å². The summed E-state index contributed by atoms with van der Waals surface area (Å²) in [5, 5.41) is 0.682. The molecule has 0 radical (unpaired) electrons. The van der Waals surface area contributed by atoms with Crippen LogP contribution in [0.5, 0.6) is 5.75 Å². The Bertz CT molecular complexity index is 1150. The lowest BCUT2D eigenvalue weighted by molar-refractivity contribution is -0.160. The van der Waals surface area contributed by atoms with Crippen molar-refractivity contribution in [3.05, 3.63) is 41.6 Å². The first-order chi connectivity index (χ1) is 15.7. The molecule has 184 valence electrons. The molecule has 1 saturated heterocycles. The number of sulfone groups is 1. The fourth-order valence-corrected chi connectivity index (χ4v) is 5.81. The zero-order valence-electron chi connectivity index (χ0n) is 19.4. The number of esters is 2. The lowest BCUT2D eigenvalue weighted by Crippen LogP contribution is -2.76. The van der Waals surface area contributed by atoms with Crippen molar-refractivity contribution in [2.24, 2.45) is 0 Å². The summed E-state index contributed by atoms with van der Waals surface area (Å²) >= 11 is 0. The van der Waals surface area contributed by atoms with Crippen molar-refractivity contribution in [2.75, 3.05) is 6.61 Å². The molecule has 0 saturated carbocycles. The van der Waals surface area contributed by atoms with Crippen LogP contribution >= 0.6 is 0 Å². The van der Waals surface area contributed by atoms with E-state index in [0.717, 1.165) is 11.8 Å². The van der Waals surface area contributed by atoms with Gasteiger partial charge in [-0.25, -0.2) is 13.2 Å². The highest BCUT2D eigenvalue weighted by molar-refractivity contribution is 7.93. The predicted octanol–water partition coefficient (Wildman–Crippen LogP) is 0.652. The van der Waals surface area contributed by atoms with Crippen LogP contribution in [-0.4, -0.2) is 66.1 Å². The van der Waals surface area contributed by atoms with Crippen molar-refractivity contribution in [1.82, 2.24) is 10.2 Å². The number of nitrogens with zero attached hydrogens (tertiary/aromatic N) is 1. The Morgan fingerprint density at radius 2 is 1.74 bits per heavy atom. The number of hydrogen-bond acceptors (Lipinski definition) is 9. The van der Waals surface area contributed by atoms with Gasteiger partial charge in [-0.3, -0.25) is 19.3 Å².